The van der Waals surface area contributed by atoms with Crippen LogP contribution in [0, 0.1) is 12.7 Å². The molecular weight excluding hydrogens is 468 g/mol. The number of aliphatic hydroxyl groups is 1. The fourth-order valence-corrected chi connectivity index (χ4v) is 4.84. The van der Waals surface area contributed by atoms with Crippen LogP contribution >= 0.6 is 8.03 Å². The summed E-state index contributed by atoms with van der Waals surface area (Å²) in [6.07, 6.45) is 1.10. The molecule has 2 aromatic carbocycles. The maximum absolute atomic E-state index is 13.8. The Morgan fingerprint density at radius 3 is 2.34 bits per heavy atom. The first-order chi connectivity index (χ1) is 16.7. The first-order valence-corrected chi connectivity index (χ1v) is 12.5. The molecule has 1 heterocycles. The Hall–Kier alpha value is -3.25. The topological polar surface area (TPSA) is 96.7 Å². The molecule has 180 valence electrons. The molecule has 0 spiro atoms. The van der Waals surface area contributed by atoms with Gasteiger partial charge < -0.3 is 9.84 Å². The van der Waals surface area contributed by atoms with Gasteiger partial charge in [-0.25, -0.2) is 14.2 Å². The van der Waals surface area contributed by atoms with E-state index < -0.39 is 31.1 Å². The molecule has 1 saturated carbocycles. The van der Waals surface area contributed by atoms with E-state index in [0.29, 0.717) is 28.1 Å². The summed E-state index contributed by atoms with van der Waals surface area (Å²) in [6.45, 7) is 6.58. The Kier molecular flexibility index (Phi) is 6.95. The molecule has 4 rings (SSSR count). The summed E-state index contributed by atoms with van der Waals surface area (Å²) in [5.41, 5.74) is 3.94. The molecule has 6 nitrogen and oxygen atoms in total. The number of hydrogen-bond donors (Lipinski definition) is 2. The monoisotopic (exact) mass is 494 g/mol. The number of aromatic nitrogens is 1. The number of pyridine rings is 1. The van der Waals surface area contributed by atoms with E-state index >= 15 is 0 Å². The fraction of sp³-hybridized carbons (Fsp3) is 0.259. The molecule has 3 atom stereocenters. The number of hydrogen-bond acceptors (Lipinski definition) is 5. The van der Waals surface area contributed by atoms with Crippen molar-refractivity contribution in [2.75, 3.05) is 0 Å². The SMILES string of the molecule is C=CC(C(=O)Oc1c(C2CC2)nc(-c2ccccc2)c(C)c1-c1ccc(F)cc1)(C(C)O)[P+](=O)O. The first-order valence-electron chi connectivity index (χ1n) is 11.3. The number of esters is 1. The molecule has 0 radical (unpaired) electrons. The molecule has 2 N–H and O–H groups in total. The molecule has 0 aliphatic heterocycles. The van der Waals surface area contributed by atoms with Crippen molar-refractivity contribution in [2.24, 2.45) is 0 Å². The summed E-state index contributed by atoms with van der Waals surface area (Å²) in [7, 11) is -3.21. The predicted octanol–water partition coefficient (Wildman–Crippen LogP) is 5.69. The van der Waals surface area contributed by atoms with E-state index in [1.165, 1.54) is 19.1 Å². The Morgan fingerprint density at radius 2 is 1.83 bits per heavy atom. The van der Waals surface area contributed by atoms with Crippen LogP contribution in [0.3, 0.4) is 0 Å². The number of rotatable bonds is 8. The molecule has 1 aromatic heterocycles. The van der Waals surface area contributed by atoms with Crippen molar-refractivity contribution in [1.29, 1.82) is 0 Å². The second-order valence-corrected chi connectivity index (χ2v) is 9.98. The van der Waals surface area contributed by atoms with Crippen molar-refractivity contribution in [3.63, 3.8) is 0 Å². The average molecular weight is 494 g/mol. The fourth-order valence-electron chi connectivity index (χ4n) is 4.16. The zero-order valence-corrected chi connectivity index (χ0v) is 20.3. The number of carbonyl (C=O) groups is 1. The standard InChI is InChI=1S/C27H25FNO5P/c1-4-27(17(3)30,35(32)33)26(31)34-25-22(18-12-14-21(28)15-13-18)16(2)23(19-8-6-5-7-9-19)29-24(25)20-10-11-20/h4-9,12-15,17,20,30H,1,10-11H2,2-3H3/p+1. The normalized spacial score (nSPS) is 16.2. The average Bonchev–Trinajstić information content (AvgIpc) is 3.66. The van der Waals surface area contributed by atoms with Crippen molar-refractivity contribution < 1.29 is 28.5 Å². The van der Waals surface area contributed by atoms with Crippen LogP contribution in [0.2, 0.25) is 0 Å². The summed E-state index contributed by atoms with van der Waals surface area (Å²) >= 11 is 0. The minimum absolute atomic E-state index is 0.0348. The van der Waals surface area contributed by atoms with Crippen LogP contribution in [0.25, 0.3) is 22.4 Å². The third-order valence-corrected chi connectivity index (χ3v) is 7.72. The Labute approximate surface area is 204 Å². The molecule has 0 saturated heterocycles. The minimum Gasteiger partial charge on any atom is -0.420 e. The Bertz CT molecular complexity index is 1290. The number of nitrogens with zero attached hydrogens (tertiary/aromatic N) is 1. The number of carbonyl (C=O) groups excluding carboxylic acids is 1. The zero-order chi connectivity index (χ0) is 25.3. The van der Waals surface area contributed by atoms with Gasteiger partial charge in [0.15, 0.2) is 5.75 Å². The summed E-state index contributed by atoms with van der Waals surface area (Å²) < 4.78 is 31.8. The molecule has 0 bridgehead atoms. The van der Waals surface area contributed by atoms with Gasteiger partial charge in [0.25, 0.3) is 0 Å². The van der Waals surface area contributed by atoms with Crippen LogP contribution in [0.5, 0.6) is 5.75 Å². The van der Waals surface area contributed by atoms with Crippen molar-refractivity contribution in [3.8, 4) is 28.1 Å². The lowest BCUT2D eigenvalue weighted by Crippen LogP contribution is -2.46. The lowest BCUT2D eigenvalue weighted by Gasteiger charge is -2.23. The smallest absolute Gasteiger partial charge is 0.420 e. The second-order valence-electron chi connectivity index (χ2n) is 8.69. The highest BCUT2D eigenvalue weighted by Crippen LogP contribution is 2.50. The van der Waals surface area contributed by atoms with Crippen LogP contribution in [0.1, 0.15) is 36.9 Å². The van der Waals surface area contributed by atoms with E-state index in [-0.39, 0.29) is 11.7 Å². The summed E-state index contributed by atoms with van der Waals surface area (Å²) in [5.74, 6) is -1.34. The number of ether oxygens (including phenoxy) is 1. The quantitative estimate of drug-likeness (QED) is 0.237. The molecule has 35 heavy (non-hydrogen) atoms. The van der Waals surface area contributed by atoms with Crippen LogP contribution in [-0.2, 0) is 9.36 Å². The van der Waals surface area contributed by atoms with Gasteiger partial charge in [-0.3, -0.25) is 0 Å². The molecular formula is C27H26FNO5P+. The van der Waals surface area contributed by atoms with Gasteiger partial charge in [0, 0.05) is 17.0 Å². The van der Waals surface area contributed by atoms with E-state index in [4.69, 9.17) is 9.72 Å². The van der Waals surface area contributed by atoms with Crippen LogP contribution < -0.4 is 4.74 Å². The van der Waals surface area contributed by atoms with Crippen molar-refractivity contribution in [2.45, 2.75) is 43.9 Å². The molecule has 8 heteroatoms. The lowest BCUT2D eigenvalue weighted by molar-refractivity contribution is -0.138. The minimum atomic E-state index is -3.21. The van der Waals surface area contributed by atoms with E-state index in [9.17, 15) is 23.7 Å². The van der Waals surface area contributed by atoms with Gasteiger partial charge >= 0.3 is 19.2 Å². The maximum atomic E-state index is 13.8. The number of aliphatic hydroxyl groups excluding tert-OH is 1. The first kappa shape index (κ1) is 24.9. The zero-order valence-electron chi connectivity index (χ0n) is 19.4. The molecule has 3 aromatic rings. The van der Waals surface area contributed by atoms with Crippen LogP contribution in [0.4, 0.5) is 4.39 Å². The van der Waals surface area contributed by atoms with E-state index in [1.807, 2.05) is 37.3 Å². The summed E-state index contributed by atoms with van der Waals surface area (Å²) in [4.78, 5) is 28.2. The van der Waals surface area contributed by atoms with Gasteiger partial charge in [0.05, 0.1) is 11.4 Å². The lowest BCUT2D eigenvalue weighted by atomic mass is 9.93. The van der Waals surface area contributed by atoms with E-state index in [2.05, 4.69) is 6.58 Å². The van der Waals surface area contributed by atoms with Gasteiger partial charge in [-0.2, -0.15) is 4.89 Å². The number of benzene rings is 2. The molecule has 1 fully saturated rings. The van der Waals surface area contributed by atoms with Gasteiger partial charge in [0.1, 0.15) is 11.9 Å². The summed E-state index contributed by atoms with van der Waals surface area (Å²) in [6, 6.07) is 15.4. The van der Waals surface area contributed by atoms with Gasteiger partial charge in [-0.05, 0) is 60.6 Å². The van der Waals surface area contributed by atoms with Crippen LogP contribution in [0.15, 0.2) is 67.3 Å². The Morgan fingerprint density at radius 1 is 1.20 bits per heavy atom. The Balaban J connectivity index is 1.98. The molecule has 3 unspecified atom stereocenters. The van der Waals surface area contributed by atoms with Gasteiger partial charge in [-0.1, -0.05) is 49.0 Å². The summed E-state index contributed by atoms with van der Waals surface area (Å²) in [5, 5.41) is 8.04. The van der Waals surface area contributed by atoms with E-state index in [0.717, 1.165) is 24.5 Å². The second kappa shape index (κ2) is 9.78. The molecule has 1 aliphatic carbocycles. The van der Waals surface area contributed by atoms with Crippen molar-refractivity contribution in [1.82, 2.24) is 4.98 Å². The third kappa shape index (κ3) is 4.55. The maximum Gasteiger partial charge on any atom is 0.531 e. The third-order valence-electron chi connectivity index (χ3n) is 6.35. The van der Waals surface area contributed by atoms with Crippen molar-refractivity contribution in [3.05, 3.63) is 84.3 Å². The molecule has 1 aliphatic rings. The predicted molar refractivity (Wildman–Crippen MR) is 132 cm³/mol. The highest BCUT2D eigenvalue weighted by molar-refractivity contribution is 7.42. The van der Waals surface area contributed by atoms with E-state index in [1.54, 1.807) is 12.1 Å². The molecule has 0 amide bonds. The highest BCUT2D eigenvalue weighted by atomic mass is 31.1. The number of halogens is 1. The van der Waals surface area contributed by atoms with Gasteiger partial charge in [-0.15, -0.1) is 0 Å². The largest absolute Gasteiger partial charge is 0.531 e. The van der Waals surface area contributed by atoms with Crippen molar-refractivity contribution >= 4 is 14.0 Å². The highest BCUT2D eigenvalue weighted by Gasteiger charge is 2.60. The van der Waals surface area contributed by atoms with Crippen LogP contribution in [-0.4, -0.2) is 32.2 Å². The van der Waals surface area contributed by atoms with Gasteiger partial charge in [0.2, 0.25) is 0 Å².